The van der Waals surface area contributed by atoms with Crippen LogP contribution in [0.25, 0.3) is 33.3 Å². The first-order valence-corrected chi connectivity index (χ1v) is 13.8. The molecule has 2 aliphatic heterocycles. The second-order valence-electron chi connectivity index (χ2n) is 11.1. The lowest BCUT2D eigenvalue weighted by Crippen LogP contribution is -2.32. The zero-order valence-electron chi connectivity index (χ0n) is 22.5. The van der Waals surface area contributed by atoms with Gasteiger partial charge in [-0.3, -0.25) is 9.78 Å². The Balaban J connectivity index is 1.48. The highest BCUT2D eigenvalue weighted by Gasteiger charge is 2.42. The molecule has 3 aliphatic rings. The average Bonchev–Trinajstić information content (AvgIpc) is 3.63. The van der Waals surface area contributed by atoms with E-state index in [1.54, 1.807) is 23.9 Å². The number of pyridine rings is 3. The Morgan fingerprint density at radius 3 is 2.70 bits per heavy atom. The third-order valence-electron chi connectivity index (χ3n) is 8.92. The largest absolute Gasteiger partial charge is 0.477 e. The smallest absolute Gasteiger partial charge is 0.341 e. The zero-order chi connectivity index (χ0) is 27.9. The summed E-state index contributed by atoms with van der Waals surface area (Å²) in [7, 11) is 5.80. The second-order valence-corrected chi connectivity index (χ2v) is 11.6. The van der Waals surface area contributed by atoms with Crippen molar-refractivity contribution in [2.45, 2.75) is 18.9 Å². The Hall–Kier alpha value is -3.95. The number of nitrogens with one attached hydrogen (secondary N) is 1. The van der Waals surface area contributed by atoms with Crippen LogP contribution in [0.4, 0.5) is 11.4 Å². The number of aromatic nitrogens is 3. The number of aryl methyl sites for hydroxylation is 1. The van der Waals surface area contributed by atoms with Gasteiger partial charge in [-0.15, -0.1) is 0 Å². The van der Waals surface area contributed by atoms with E-state index in [2.05, 4.69) is 27.1 Å². The monoisotopic (exact) mass is 556 g/mol. The molecule has 204 valence electrons. The molecule has 2 atom stereocenters. The van der Waals surface area contributed by atoms with E-state index in [9.17, 15) is 14.7 Å². The van der Waals surface area contributed by atoms with Crippen LogP contribution < -0.4 is 15.6 Å². The van der Waals surface area contributed by atoms with Gasteiger partial charge >= 0.3 is 5.97 Å². The number of fused-ring (bicyclic) bond motifs is 5. The van der Waals surface area contributed by atoms with Crippen molar-refractivity contribution in [2.75, 3.05) is 43.9 Å². The number of anilines is 2. The highest BCUT2D eigenvalue weighted by molar-refractivity contribution is 6.31. The predicted octanol–water partition coefficient (Wildman–Crippen LogP) is 4.10. The van der Waals surface area contributed by atoms with Crippen LogP contribution in [0.1, 0.15) is 28.0 Å². The van der Waals surface area contributed by atoms with Crippen molar-refractivity contribution in [2.24, 2.45) is 13.0 Å². The van der Waals surface area contributed by atoms with Gasteiger partial charge in [0.1, 0.15) is 11.2 Å². The molecule has 5 heterocycles. The number of aromatic carboxylic acids is 1. The van der Waals surface area contributed by atoms with Crippen molar-refractivity contribution in [3.8, 4) is 22.3 Å². The van der Waals surface area contributed by atoms with Crippen LogP contribution in [0.3, 0.4) is 0 Å². The Kier molecular flexibility index (Phi) is 5.66. The van der Waals surface area contributed by atoms with Crippen LogP contribution in [-0.4, -0.2) is 70.3 Å². The standard InChI is InChI=1S/C30H29ClN6O3/c1-32-23-8-17(31)7-19-18(23)9-24-26(19)27(37-12-15-4-5-35(2)25(15)14-37)21(11-33-24)16-6-20-28(38)22(30(39)40)13-36(3)29(20)34-10-16/h6-8,10-11,13,15,25,32H,4-5,9,12,14H2,1-3H3,(H,39,40)/t15-,25+/m1/s1. The molecule has 0 amide bonds. The summed E-state index contributed by atoms with van der Waals surface area (Å²) in [4.78, 5) is 39.4. The molecule has 0 radical (unpaired) electrons. The Bertz CT molecular complexity index is 1800. The third-order valence-corrected chi connectivity index (χ3v) is 9.14. The van der Waals surface area contributed by atoms with E-state index < -0.39 is 11.4 Å². The number of likely N-dealkylation sites (tertiary alicyclic amines) is 1. The molecule has 4 aromatic rings. The fourth-order valence-electron chi connectivity index (χ4n) is 6.96. The van der Waals surface area contributed by atoms with Gasteiger partial charge in [-0.25, -0.2) is 9.78 Å². The van der Waals surface area contributed by atoms with Crippen molar-refractivity contribution in [3.05, 3.63) is 68.9 Å². The van der Waals surface area contributed by atoms with Crippen LogP contribution >= 0.6 is 11.6 Å². The number of carboxylic acids is 1. The molecule has 1 aliphatic carbocycles. The predicted molar refractivity (Wildman–Crippen MR) is 157 cm³/mol. The number of nitrogens with zero attached hydrogens (tertiary/aromatic N) is 5. The second kappa shape index (κ2) is 9.04. The Labute approximate surface area is 236 Å². The van der Waals surface area contributed by atoms with E-state index in [1.807, 2.05) is 25.4 Å². The van der Waals surface area contributed by atoms with Gasteiger partial charge in [-0.2, -0.15) is 0 Å². The molecular weight excluding hydrogens is 528 g/mol. The molecule has 0 spiro atoms. The molecule has 0 unspecified atom stereocenters. The Morgan fingerprint density at radius 2 is 1.95 bits per heavy atom. The van der Waals surface area contributed by atoms with E-state index in [4.69, 9.17) is 16.6 Å². The van der Waals surface area contributed by atoms with Crippen molar-refractivity contribution in [1.82, 2.24) is 19.4 Å². The lowest BCUT2D eigenvalue weighted by molar-refractivity contribution is 0.0695. The van der Waals surface area contributed by atoms with Crippen molar-refractivity contribution in [1.29, 1.82) is 0 Å². The molecule has 10 heteroatoms. The number of carbonyl (C=O) groups is 1. The summed E-state index contributed by atoms with van der Waals surface area (Å²) in [5.41, 5.74) is 7.58. The number of hydrogen-bond donors (Lipinski definition) is 2. The first-order valence-electron chi connectivity index (χ1n) is 13.5. The van der Waals surface area contributed by atoms with Crippen LogP contribution in [0.2, 0.25) is 5.02 Å². The maximum atomic E-state index is 13.2. The molecule has 3 aromatic heterocycles. The van der Waals surface area contributed by atoms with Gasteiger partial charge in [0, 0.05) is 85.6 Å². The number of benzene rings is 1. The van der Waals surface area contributed by atoms with E-state index in [-0.39, 0.29) is 10.9 Å². The normalized spacial score (nSPS) is 19.6. The molecule has 2 N–H and O–H groups in total. The molecular formula is C30H29ClN6O3. The molecule has 9 nitrogen and oxygen atoms in total. The van der Waals surface area contributed by atoms with Gasteiger partial charge in [0.2, 0.25) is 5.43 Å². The summed E-state index contributed by atoms with van der Waals surface area (Å²) in [6.07, 6.45) is 6.82. The van der Waals surface area contributed by atoms with Gasteiger partial charge in [0.05, 0.1) is 16.8 Å². The molecule has 40 heavy (non-hydrogen) atoms. The lowest BCUT2D eigenvalue weighted by atomic mass is 9.97. The first kappa shape index (κ1) is 25.0. The van der Waals surface area contributed by atoms with E-state index in [0.717, 1.165) is 65.4 Å². The average molecular weight is 557 g/mol. The van der Waals surface area contributed by atoms with Gasteiger partial charge in [-0.05, 0) is 55.3 Å². The fraction of sp³-hybridized carbons (Fsp3) is 0.333. The first-order chi connectivity index (χ1) is 19.2. The van der Waals surface area contributed by atoms with E-state index in [1.165, 1.54) is 11.8 Å². The molecule has 7 rings (SSSR count). The summed E-state index contributed by atoms with van der Waals surface area (Å²) in [6, 6.07) is 6.21. The Morgan fingerprint density at radius 1 is 1.12 bits per heavy atom. The van der Waals surface area contributed by atoms with E-state index >= 15 is 0 Å². The van der Waals surface area contributed by atoms with Crippen molar-refractivity contribution >= 4 is 40.0 Å². The molecule has 2 fully saturated rings. The minimum absolute atomic E-state index is 0.269. The molecule has 1 aromatic carbocycles. The molecule has 0 saturated carbocycles. The summed E-state index contributed by atoms with van der Waals surface area (Å²) in [5, 5.41) is 13.8. The lowest BCUT2D eigenvalue weighted by Gasteiger charge is -2.27. The minimum Gasteiger partial charge on any atom is -0.477 e. The number of likely N-dealkylation sites (N-methyl/N-ethyl adjacent to an activating group) is 1. The minimum atomic E-state index is -1.26. The summed E-state index contributed by atoms with van der Waals surface area (Å²) in [6.45, 7) is 2.93. The van der Waals surface area contributed by atoms with Crippen LogP contribution in [0, 0.1) is 5.92 Å². The van der Waals surface area contributed by atoms with Gasteiger partial charge in [-0.1, -0.05) is 11.6 Å². The quantitative estimate of drug-likeness (QED) is 0.341. The van der Waals surface area contributed by atoms with Gasteiger partial charge < -0.3 is 24.8 Å². The number of rotatable bonds is 4. The van der Waals surface area contributed by atoms with Gasteiger partial charge in [0.15, 0.2) is 0 Å². The number of halogens is 1. The maximum absolute atomic E-state index is 13.2. The highest BCUT2D eigenvalue weighted by atomic mass is 35.5. The summed E-state index contributed by atoms with van der Waals surface area (Å²) < 4.78 is 1.58. The molecule has 0 bridgehead atoms. The SMILES string of the molecule is CNc1cc(Cl)cc2c1Cc1ncc(-c3cnc4c(c3)c(=O)c(C(=O)O)cn4C)c(N3C[C@H]4CCN(C)[C@H]4C3)c1-2. The van der Waals surface area contributed by atoms with Crippen molar-refractivity contribution in [3.63, 3.8) is 0 Å². The fourth-order valence-corrected chi connectivity index (χ4v) is 7.17. The maximum Gasteiger partial charge on any atom is 0.341 e. The van der Waals surface area contributed by atoms with Gasteiger partial charge in [0.25, 0.3) is 0 Å². The number of hydrogen-bond acceptors (Lipinski definition) is 7. The van der Waals surface area contributed by atoms with Crippen LogP contribution in [-0.2, 0) is 13.5 Å². The van der Waals surface area contributed by atoms with E-state index in [0.29, 0.717) is 29.1 Å². The van der Waals surface area contributed by atoms with Crippen LogP contribution in [0.15, 0.2) is 41.6 Å². The summed E-state index contributed by atoms with van der Waals surface area (Å²) >= 11 is 6.60. The number of carboxylic acid groups (broad SMARTS) is 1. The zero-order valence-corrected chi connectivity index (χ0v) is 23.3. The van der Waals surface area contributed by atoms with Crippen LogP contribution in [0.5, 0.6) is 0 Å². The third kappa shape index (κ3) is 3.64. The highest BCUT2D eigenvalue weighted by Crippen LogP contribution is 2.50. The van der Waals surface area contributed by atoms with Crippen molar-refractivity contribution < 1.29 is 9.90 Å². The summed E-state index contributed by atoms with van der Waals surface area (Å²) in [5.74, 6) is -0.677. The molecule has 2 saturated heterocycles. The topological polar surface area (TPSA) is 104 Å².